The Hall–Kier alpha value is -0.960. The van der Waals surface area contributed by atoms with Crippen molar-refractivity contribution in [3.05, 3.63) is 30.5 Å². The maximum absolute atomic E-state index is 4.50. The smallest absolute Gasteiger partial charge is 0.0682 e. The summed E-state index contributed by atoms with van der Waals surface area (Å²) in [5, 5.41) is 5.73. The molecule has 0 unspecified atom stereocenters. The fourth-order valence-corrected chi connectivity index (χ4v) is 2.93. The van der Waals surface area contributed by atoms with Gasteiger partial charge in [0, 0.05) is 11.9 Å². The lowest BCUT2D eigenvalue weighted by atomic mass is 9.70. The van der Waals surface area contributed by atoms with E-state index in [1.165, 1.54) is 30.2 Å². The zero-order valence-corrected chi connectivity index (χ0v) is 10.2. The summed E-state index contributed by atoms with van der Waals surface area (Å²) in [5.74, 6) is 0.973. The standard InChI is InChI=1S/C13H16N2S/c16-10-13(6-3-7-13)9-15-12-5-2-1-4-11(12)8-14-15/h1-2,4-5,8,16H,3,6-7,9-10H2. The van der Waals surface area contributed by atoms with Crippen LogP contribution in [0.4, 0.5) is 0 Å². The van der Waals surface area contributed by atoms with Crippen molar-refractivity contribution >= 4 is 23.5 Å². The Morgan fingerprint density at radius 1 is 1.31 bits per heavy atom. The molecule has 1 aromatic heterocycles. The third-order valence-corrected chi connectivity index (χ3v) is 4.46. The fraction of sp³-hybridized carbons (Fsp3) is 0.462. The lowest BCUT2D eigenvalue weighted by Gasteiger charge is -2.40. The number of hydrogen-bond donors (Lipinski definition) is 1. The second-order valence-electron chi connectivity index (χ2n) is 4.87. The van der Waals surface area contributed by atoms with Gasteiger partial charge in [-0.2, -0.15) is 17.7 Å². The summed E-state index contributed by atoms with van der Waals surface area (Å²) in [7, 11) is 0. The summed E-state index contributed by atoms with van der Waals surface area (Å²) >= 11 is 4.50. The summed E-state index contributed by atoms with van der Waals surface area (Å²) in [4.78, 5) is 0. The molecule has 0 atom stereocenters. The highest BCUT2D eigenvalue weighted by molar-refractivity contribution is 7.80. The average Bonchev–Trinajstić information content (AvgIpc) is 2.67. The lowest BCUT2D eigenvalue weighted by Crippen LogP contribution is -2.36. The maximum atomic E-state index is 4.50. The van der Waals surface area contributed by atoms with E-state index in [2.05, 4.69) is 46.7 Å². The molecule has 0 amide bonds. The first kappa shape index (κ1) is 10.2. The van der Waals surface area contributed by atoms with Gasteiger partial charge in [0.05, 0.1) is 11.7 Å². The van der Waals surface area contributed by atoms with E-state index in [1.54, 1.807) is 0 Å². The molecule has 1 aliphatic rings. The lowest BCUT2D eigenvalue weighted by molar-refractivity contribution is 0.135. The zero-order valence-electron chi connectivity index (χ0n) is 9.26. The Morgan fingerprint density at radius 2 is 2.12 bits per heavy atom. The molecule has 1 heterocycles. The first-order valence-electron chi connectivity index (χ1n) is 5.84. The van der Waals surface area contributed by atoms with Crippen molar-refractivity contribution in [1.82, 2.24) is 9.78 Å². The van der Waals surface area contributed by atoms with Crippen molar-refractivity contribution in [3.8, 4) is 0 Å². The average molecular weight is 232 g/mol. The molecule has 16 heavy (non-hydrogen) atoms. The van der Waals surface area contributed by atoms with E-state index in [0.717, 1.165) is 12.3 Å². The molecule has 1 aliphatic carbocycles. The van der Waals surface area contributed by atoms with E-state index in [9.17, 15) is 0 Å². The minimum atomic E-state index is 0.401. The van der Waals surface area contributed by atoms with Crippen molar-refractivity contribution in [2.24, 2.45) is 5.41 Å². The highest BCUT2D eigenvalue weighted by atomic mass is 32.1. The van der Waals surface area contributed by atoms with E-state index >= 15 is 0 Å². The van der Waals surface area contributed by atoms with Gasteiger partial charge in [-0.3, -0.25) is 4.68 Å². The van der Waals surface area contributed by atoms with E-state index in [1.807, 2.05) is 6.20 Å². The number of rotatable bonds is 3. The van der Waals surface area contributed by atoms with Crippen LogP contribution in [0.25, 0.3) is 10.9 Å². The minimum absolute atomic E-state index is 0.401. The number of hydrogen-bond acceptors (Lipinski definition) is 2. The Kier molecular flexibility index (Phi) is 2.43. The van der Waals surface area contributed by atoms with Crippen LogP contribution in [0.1, 0.15) is 19.3 Å². The van der Waals surface area contributed by atoms with Gasteiger partial charge in [0.15, 0.2) is 0 Å². The van der Waals surface area contributed by atoms with Crippen molar-refractivity contribution in [3.63, 3.8) is 0 Å². The second kappa shape index (κ2) is 3.81. The van der Waals surface area contributed by atoms with Crippen LogP contribution in [0.2, 0.25) is 0 Å². The largest absolute Gasteiger partial charge is 0.264 e. The van der Waals surface area contributed by atoms with Gasteiger partial charge in [-0.15, -0.1) is 0 Å². The van der Waals surface area contributed by atoms with E-state index in [4.69, 9.17) is 0 Å². The topological polar surface area (TPSA) is 17.8 Å². The molecule has 0 radical (unpaired) electrons. The van der Waals surface area contributed by atoms with Crippen LogP contribution >= 0.6 is 12.6 Å². The number of fused-ring (bicyclic) bond motifs is 1. The first-order chi connectivity index (χ1) is 7.83. The van der Waals surface area contributed by atoms with Crippen LogP contribution in [0.15, 0.2) is 30.5 Å². The van der Waals surface area contributed by atoms with Crippen LogP contribution in [0.5, 0.6) is 0 Å². The molecule has 0 aliphatic heterocycles. The Labute approximate surface area is 101 Å². The van der Waals surface area contributed by atoms with Gasteiger partial charge in [0.1, 0.15) is 0 Å². The molecule has 3 rings (SSSR count). The Balaban J connectivity index is 1.94. The molecule has 0 bridgehead atoms. The van der Waals surface area contributed by atoms with Gasteiger partial charge in [0.2, 0.25) is 0 Å². The molecule has 0 saturated heterocycles. The van der Waals surface area contributed by atoms with E-state index in [0.29, 0.717) is 5.41 Å². The van der Waals surface area contributed by atoms with Crippen molar-refractivity contribution in [2.45, 2.75) is 25.8 Å². The highest BCUT2D eigenvalue weighted by Crippen LogP contribution is 2.43. The van der Waals surface area contributed by atoms with Crippen LogP contribution in [0, 0.1) is 5.41 Å². The van der Waals surface area contributed by atoms with Crippen molar-refractivity contribution in [1.29, 1.82) is 0 Å². The summed E-state index contributed by atoms with van der Waals surface area (Å²) in [6, 6.07) is 8.40. The predicted octanol–water partition coefficient (Wildman–Crippen LogP) is 3.14. The van der Waals surface area contributed by atoms with Crippen LogP contribution < -0.4 is 0 Å². The summed E-state index contributed by atoms with van der Waals surface area (Å²) in [6.07, 6.45) is 5.90. The molecular weight excluding hydrogens is 216 g/mol. The van der Waals surface area contributed by atoms with Gasteiger partial charge >= 0.3 is 0 Å². The SMILES string of the molecule is SCC1(Cn2ncc3ccccc32)CCC1. The monoisotopic (exact) mass is 232 g/mol. The zero-order chi connectivity index (χ0) is 11.0. The highest BCUT2D eigenvalue weighted by Gasteiger charge is 2.36. The third-order valence-electron chi connectivity index (χ3n) is 3.79. The fourth-order valence-electron chi connectivity index (χ4n) is 2.51. The van der Waals surface area contributed by atoms with Gasteiger partial charge < -0.3 is 0 Å². The molecule has 1 fully saturated rings. The number of benzene rings is 1. The Morgan fingerprint density at radius 3 is 2.81 bits per heavy atom. The predicted molar refractivity (Wildman–Crippen MR) is 69.9 cm³/mol. The molecule has 3 heteroatoms. The number of nitrogens with zero attached hydrogens (tertiary/aromatic N) is 2. The normalized spacial score (nSPS) is 18.6. The van der Waals surface area contributed by atoms with Crippen LogP contribution in [-0.2, 0) is 6.54 Å². The number of thiol groups is 1. The summed E-state index contributed by atoms with van der Waals surface area (Å²) in [6.45, 7) is 1.02. The quantitative estimate of drug-likeness (QED) is 0.805. The molecule has 84 valence electrons. The van der Waals surface area contributed by atoms with Gasteiger partial charge in [-0.1, -0.05) is 24.6 Å². The molecule has 0 N–H and O–H groups in total. The molecule has 1 saturated carbocycles. The van der Waals surface area contributed by atoms with Crippen molar-refractivity contribution < 1.29 is 0 Å². The maximum Gasteiger partial charge on any atom is 0.0682 e. The van der Waals surface area contributed by atoms with Gasteiger partial charge in [-0.25, -0.2) is 0 Å². The third kappa shape index (κ3) is 1.54. The summed E-state index contributed by atoms with van der Waals surface area (Å²) in [5.41, 5.74) is 1.65. The first-order valence-corrected chi connectivity index (χ1v) is 6.48. The molecule has 2 aromatic rings. The van der Waals surface area contributed by atoms with E-state index in [-0.39, 0.29) is 0 Å². The van der Waals surface area contributed by atoms with E-state index < -0.39 is 0 Å². The second-order valence-corrected chi connectivity index (χ2v) is 5.19. The number of aromatic nitrogens is 2. The summed E-state index contributed by atoms with van der Waals surface area (Å²) < 4.78 is 2.14. The molecular formula is C13H16N2S. The number of para-hydroxylation sites is 1. The molecule has 2 nitrogen and oxygen atoms in total. The molecule has 0 spiro atoms. The van der Waals surface area contributed by atoms with Crippen LogP contribution in [0.3, 0.4) is 0 Å². The molecule has 1 aromatic carbocycles. The minimum Gasteiger partial charge on any atom is -0.264 e. The van der Waals surface area contributed by atoms with Crippen LogP contribution in [-0.4, -0.2) is 15.5 Å². The Bertz CT molecular complexity index is 494. The van der Waals surface area contributed by atoms with Crippen molar-refractivity contribution in [2.75, 3.05) is 5.75 Å². The van der Waals surface area contributed by atoms with Gasteiger partial charge in [-0.05, 0) is 30.1 Å². The van der Waals surface area contributed by atoms with Gasteiger partial charge in [0.25, 0.3) is 0 Å².